The van der Waals surface area contributed by atoms with Crippen molar-refractivity contribution in [3.63, 3.8) is 0 Å². The van der Waals surface area contributed by atoms with Crippen LogP contribution >= 0.6 is 0 Å². The highest BCUT2D eigenvalue weighted by Crippen LogP contribution is 2.24. The van der Waals surface area contributed by atoms with Crippen molar-refractivity contribution in [2.45, 2.75) is 51.6 Å². The van der Waals surface area contributed by atoms with E-state index in [1.54, 1.807) is 4.90 Å². The van der Waals surface area contributed by atoms with Gasteiger partial charge in [0.05, 0.1) is 18.3 Å². The lowest BCUT2D eigenvalue weighted by atomic mass is 9.97. The molecule has 2 aromatic rings. The molecule has 0 radical (unpaired) electrons. The second kappa shape index (κ2) is 8.15. The minimum absolute atomic E-state index is 0.000146. The van der Waals surface area contributed by atoms with Crippen molar-refractivity contribution in [3.8, 4) is 17.5 Å². The fourth-order valence-corrected chi connectivity index (χ4v) is 3.75. The van der Waals surface area contributed by atoms with E-state index in [2.05, 4.69) is 48.9 Å². The highest BCUT2D eigenvalue weighted by Gasteiger charge is 2.30. The molecular weight excluding hydrogens is 350 g/mol. The molecule has 1 aromatic carbocycles. The van der Waals surface area contributed by atoms with Crippen molar-refractivity contribution in [2.75, 3.05) is 13.1 Å². The van der Waals surface area contributed by atoms with E-state index in [0.29, 0.717) is 13.0 Å². The van der Waals surface area contributed by atoms with Gasteiger partial charge in [0.25, 0.3) is 0 Å². The molecule has 1 amide bonds. The number of benzene rings is 1. The summed E-state index contributed by atoms with van der Waals surface area (Å²) in [6, 6.07) is 12.1. The van der Waals surface area contributed by atoms with Crippen LogP contribution in [0.5, 0.6) is 0 Å². The normalized spacial score (nSPS) is 17.0. The Balaban J connectivity index is 1.67. The Morgan fingerprint density at radius 3 is 2.75 bits per heavy atom. The van der Waals surface area contributed by atoms with Gasteiger partial charge in [0, 0.05) is 36.8 Å². The molecule has 0 unspecified atom stereocenters. The molecule has 0 aliphatic carbocycles. The van der Waals surface area contributed by atoms with Gasteiger partial charge in [-0.3, -0.25) is 4.79 Å². The van der Waals surface area contributed by atoms with Crippen LogP contribution in [-0.4, -0.2) is 45.0 Å². The van der Waals surface area contributed by atoms with E-state index >= 15 is 0 Å². The SMILES string of the molecule is Cc1c(CC(C)(C)NCC(=O)N2CCC[C@H]2C#N)nc(-c2ccccc2)n1C. The summed E-state index contributed by atoms with van der Waals surface area (Å²) >= 11 is 0. The second-order valence-electron chi connectivity index (χ2n) is 8.18. The summed E-state index contributed by atoms with van der Waals surface area (Å²) in [6.07, 6.45) is 2.40. The van der Waals surface area contributed by atoms with Gasteiger partial charge in [-0.15, -0.1) is 0 Å². The molecule has 0 spiro atoms. The summed E-state index contributed by atoms with van der Waals surface area (Å²) in [5, 5.41) is 12.6. The maximum Gasteiger partial charge on any atom is 0.237 e. The van der Waals surface area contributed by atoms with E-state index in [1.807, 2.05) is 25.2 Å². The van der Waals surface area contributed by atoms with Crippen molar-refractivity contribution < 1.29 is 4.79 Å². The number of amides is 1. The molecule has 0 saturated carbocycles. The third kappa shape index (κ3) is 4.26. The highest BCUT2D eigenvalue weighted by molar-refractivity contribution is 5.79. The number of nitrogens with zero attached hydrogens (tertiary/aromatic N) is 4. The largest absolute Gasteiger partial charge is 0.331 e. The molecule has 0 bridgehead atoms. The number of carbonyl (C=O) groups excluding carboxylic acids is 1. The van der Waals surface area contributed by atoms with Crippen LogP contribution in [0.4, 0.5) is 0 Å². The summed E-state index contributed by atoms with van der Waals surface area (Å²) in [5.41, 5.74) is 2.97. The first-order valence-electron chi connectivity index (χ1n) is 9.84. The van der Waals surface area contributed by atoms with Gasteiger partial charge in [-0.1, -0.05) is 30.3 Å². The Labute approximate surface area is 167 Å². The number of hydrogen-bond acceptors (Lipinski definition) is 4. The van der Waals surface area contributed by atoms with Crippen LogP contribution in [0, 0.1) is 18.3 Å². The summed E-state index contributed by atoms with van der Waals surface area (Å²) in [6.45, 7) is 7.17. The highest BCUT2D eigenvalue weighted by atomic mass is 16.2. The third-order valence-electron chi connectivity index (χ3n) is 5.56. The van der Waals surface area contributed by atoms with Crippen LogP contribution in [0.3, 0.4) is 0 Å². The number of carbonyl (C=O) groups is 1. The molecule has 1 aliphatic heterocycles. The number of hydrogen-bond donors (Lipinski definition) is 1. The maximum absolute atomic E-state index is 12.5. The van der Waals surface area contributed by atoms with Gasteiger partial charge in [-0.2, -0.15) is 5.26 Å². The minimum Gasteiger partial charge on any atom is -0.331 e. The van der Waals surface area contributed by atoms with Crippen molar-refractivity contribution in [1.82, 2.24) is 19.8 Å². The third-order valence-corrected chi connectivity index (χ3v) is 5.56. The standard InChI is InChI=1S/C22H29N5O/c1-16-19(25-21(26(16)4)17-9-6-5-7-10-17)13-22(2,3)24-15-20(28)27-12-8-11-18(27)14-23/h5-7,9-10,18,24H,8,11-13,15H2,1-4H3/t18-/m0/s1. The summed E-state index contributed by atoms with van der Waals surface area (Å²) in [5.74, 6) is 0.953. The van der Waals surface area contributed by atoms with Gasteiger partial charge in [-0.25, -0.2) is 4.98 Å². The van der Waals surface area contributed by atoms with Gasteiger partial charge in [0.2, 0.25) is 5.91 Å². The molecule has 6 nitrogen and oxygen atoms in total. The van der Waals surface area contributed by atoms with E-state index in [9.17, 15) is 10.1 Å². The maximum atomic E-state index is 12.5. The van der Waals surface area contributed by atoms with Gasteiger partial charge < -0.3 is 14.8 Å². The number of aromatic nitrogens is 2. The summed E-state index contributed by atoms with van der Waals surface area (Å²) in [7, 11) is 2.04. The van der Waals surface area contributed by atoms with E-state index in [-0.39, 0.29) is 24.0 Å². The van der Waals surface area contributed by atoms with Crippen molar-refractivity contribution in [1.29, 1.82) is 5.26 Å². The zero-order valence-electron chi connectivity index (χ0n) is 17.2. The zero-order chi connectivity index (χ0) is 20.3. The number of likely N-dealkylation sites (tertiary alicyclic amines) is 1. The van der Waals surface area contributed by atoms with E-state index in [1.165, 1.54) is 0 Å². The van der Waals surface area contributed by atoms with Gasteiger partial charge >= 0.3 is 0 Å². The van der Waals surface area contributed by atoms with Crippen LogP contribution in [-0.2, 0) is 18.3 Å². The summed E-state index contributed by atoms with van der Waals surface area (Å²) < 4.78 is 2.12. The van der Waals surface area contributed by atoms with Crippen molar-refractivity contribution in [2.24, 2.45) is 7.05 Å². The van der Waals surface area contributed by atoms with Gasteiger partial charge in [0.15, 0.2) is 0 Å². The molecular formula is C22H29N5O. The smallest absolute Gasteiger partial charge is 0.237 e. The van der Waals surface area contributed by atoms with Crippen LogP contribution in [0.25, 0.3) is 11.4 Å². The first-order chi connectivity index (χ1) is 13.3. The molecule has 1 saturated heterocycles. The predicted molar refractivity (Wildman–Crippen MR) is 110 cm³/mol. The Morgan fingerprint density at radius 1 is 1.36 bits per heavy atom. The zero-order valence-corrected chi connectivity index (χ0v) is 17.2. The minimum atomic E-state index is -0.287. The molecule has 3 rings (SSSR count). The lowest BCUT2D eigenvalue weighted by Crippen LogP contribution is -2.48. The molecule has 2 heterocycles. The molecule has 28 heavy (non-hydrogen) atoms. The van der Waals surface area contributed by atoms with Crippen LogP contribution in [0.1, 0.15) is 38.1 Å². The first kappa shape index (κ1) is 20.1. The number of imidazole rings is 1. The second-order valence-corrected chi connectivity index (χ2v) is 8.18. The van der Waals surface area contributed by atoms with E-state index < -0.39 is 0 Å². The Morgan fingerprint density at radius 2 is 2.07 bits per heavy atom. The van der Waals surface area contributed by atoms with Crippen LogP contribution < -0.4 is 5.32 Å². The molecule has 148 valence electrons. The van der Waals surface area contributed by atoms with Crippen molar-refractivity contribution >= 4 is 5.91 Å². The first-order valence-corrected chi connectivity index (χ1v) is 9.84. The average molecular weight is 380 g/mol. The fourth-order valence-electron chi connectivity index (χ4n) is 3.75. The van der Waals surface area contributed by atoms with E-state index in [4.69, 9.17) is 4.98 Å². The molecule has 1 aliphatic rings. The predicted octanol–water partition coefficient (Wildman–Crippen LogP) is 2.82. The van der Waals surface area contributed by atoms with Gasteiger partial charge in [0.1, 0.15) is 11.9 Å². The topological polar surface area (TPSA) is 74.0 Å². The average Bonchev–Trinajstić information content (AvgIpc) is 3.27. The number of nitrogens with one attached hydrogen (secondary N) is 1. The Hall–Kier alpha value is -2.65. The van der Waals surface area contributed by atoms with Gasteiger partial charge in [-0.05, 0) is 33.6 Å². The number of nitriles is 1. The van der Waals surface area contributed by atoms with Crippen LogP contribution in [0.2, 0.25) is 0 Å². The van der Waals surface area contributed by atoms with Crippen molar-refractivity contribution in [3.05, 3.63) is 41.7 Å². The summed E-state index contributed by atoms with van der Waals surface area (Å²) in [4.78, 5) is 19.1. The molecule has 1 N–H and O–H groups in total. The lowest BCUT2D eigenvalue weighted by molar-refractivity contribution is -0.130. The quantitative estimate of drug-likeness (QED) is 0.838. The van der Waals surface area contributed by atoms with Crippen LogP contribution in [0.15, 0.2) is 30.3 Å². The Bertz CT molecular complexity index is 878. The fraction of sp³-hybridized carbons (Fsp3) is 0.500. The number of rotatable bonds is 6. The molecule has 1 atom stereocenters. The van der Waals surface area contributed by atoms with E-state index in [0.717, 1.165) is 35.6 Å². The molecule has 1 fully saturated rings. The molecule has 6 heteroatoms. The Kier molecular flexibility index (Phi) is 5.85. The lowest BCUT2D eigenvalue weighted by Gasteiger charge is -2.28. The monoisotopic (exact) mass is 379 g/mol. The molecule has 1 aromatic heterocycles.